The molecule has 58 heavy (non-hydrogen) atoms. The second-order valence-corrected chi connectivity index (χ2v) is 14.8. The van der Waals surface area contributed by atoms with Gasteiger partial charge in [0.15, 0.2) is 17.5 Å². The van der Waals surface area contributed by atoms with Crippen molar-refractivity contribution in [3.8, 4) is 51.0 Å². The average Bonchev–Trinajstić information content (AvgIpc) is 3.84. The van der Waals surface area contributed by atoms with Crippen molar-refractivity contribution in [1.82, 2.24) is 19.5 Å². The van der Waals surface area contributed by atoms with Gasteiger partial charge >= 0.3 is 0 Å². The first kappa shape index (κ1) is 32.4. The van der Waals surface area contributed by atoms with E-state index in [1.807, 2.05) is 6.07 Å². The van der Waals surface area contributed by atoms with Crippen LogP contribution in [0.1, 0.15) is 0 Å². The summed E-state index contributed by atoms with van der Waals surface area (Å²) in [5.74, 6) is 1.81. The summed E-state index contributed by atoms with van der Waals surface area (Å²) in [6, 6.07) is 68.1. The molecule has 0 saturated heterocycles. The minimum atomic E-state index is 0.584. The summed E-state index contributed by atoms with van der Waals surface area (Å²) in [5.41, 5.74) is 10.0. The Labute approximate surface area is 333 Å². The Morgan fingerprint density at radius 3 is 1.67 bits per heavy atom. The Bertz CT molecular complexity index is 3560. The zero-order valence-corrected chi connectivity index (χ0v) is 31.2. The predicted octanol–water partition coefficient (Wildman–Crippen LogP) is 13.8. The molecule has 0 atom stereocenters. The van der Waals surface area contributed by atoms with E-state index in [1.165, 1.54) is 32.4 Å². The summed E-state index contributed by atoms with van der Waals surface area (Å²) >= 11 is 0. The van der Waals surface area contributed by atoms with Crippen molar-refractivity contribution in [3.05, 3.63) is 194 Å². The molecular weight excluding hydrogens is 709 g/mol. The Kier molecular flexibility index (Phi) is 7.16. The first-order valence-electron chi connectivity index (χ1n) is 19.5. The van der Waals surface area contributed by atoms with Gasteiger partial charge in [0.2, 0.25) is 0 Å². The third-order valence-electron chi connectivity index (χ3n) is 11.4. The molecular formula is C53H32N4O. The van der Waals surface area contributed by atoms with Gasteiger partial charge in [-0.2, -0.15) is 0 Å². The van der Waals surface area contributed by atoms with E-state index in [0.717, 1.165) is 66.3 Å². The Hall–Kier alpha value is -7.89. The highest BCUT2D eigenvalue weighted by molar-refractivity contribution is 6.19. The van der Waals surface area contributed by atoms with Gasteiger partial charge < -0.3 is 8.98 Å². The summed E-state index contributed by atoms with van der Waals surface area (Å²) in [4.78, 5) is 15.2. The van der Waals surface area contributed by atoms with Gasteiger partial charge in [-0.05, 0) is 63.7 Å². The van der Waals surface area contributed by atoms with Gasteiger partial charge in [-0.3, -0.25) is 0 Å². The summed E-state index contributed by atoms with van der Waals surface area (Å²) in [6.07, 6.45) is 0. The highest BCUT2D eigenvalue weighted by atomic mass is 16.3. The Morgan fingerprint density at radius 1 is 0.328 bits per heavy atom. The predicted molar refractivity (Wildman–Crippen MR) is 238 cm³/mol. The van der Waals surface area contributed by atoms with E-state index in [4.69, 9.17) is 19.4 Å². The molecule has 0 saturated carbocycles. The summed E-state index contributed by atoms with van der Waals surface area (Å²) in [6.45, 7) is 0. The summed E-state index contributed by atoms with van der Waals surface area (Å²) < 4.78 is 9.09. The largest absolute Gasteiger partial charge is 0.456 e. The average molecular weight is 741 g/mol. The lowest BCUT2D eigenvalue weighted by molar-refractivity contribution is 0.668. The van der Waals surface area contributed by atoms with Crippen LogP contribution < -0.4 is 0 Å². The molecule has 0 radical (unpaired) electrons. The highest BCUT2D eigenvalue weighted by Gasteiger charge is 2.18. The maximum Gasteiger partial charge on any atom is 0.164 e. The van der Waals surface area contributed by atoms with E-state index in [-0.39, 0.29) is 0 Å². The summed E-state index contributed by atoms with van der Waals surface area (Å²) in [7, 11) is 0. The molecule has 0 aliphatic carbocycles. The van der Waals surface area contributed by atoms with Crippen molar-refractivity contribution in [3.63, 3.8) is 0 Å². The molecule has 0 bridgehead atoms. The number of para-hydroxylation sites is 1. The van der Waals surface area contributed by atoms with Gasteiger partial charge in [0.1, 0.15) is 11.2 Å². The minimum absolute atomic E-state index is 0.584. The quantitative estimate of drug-likeness (QED) is 0.176. The minimum Gasteiger partial charge on any atom is -0.456 e. The molecule has 0 aliphatic heterocycles. The fourth-order valence-corrected chi connectivity index (χ4v) is 8.58. The summed E-state index contributed by atoms with van der Waals surface area (Å²) in [5, 5.41) is 9.29. The van der Waals surface area contributed by atoms with Gasteiger partial charge in [0.25, 0.3) is 0 Å². The zero-order valence-electron chi connectivity index (χ0n) is 31.2. The van der Waals surface area contributed by atoms with Gasteiger partial charge in [0.05, 0.1) is 11.0 Å². The van der Waals surface area contributed by atoms with E-state index < -0.39 is 0 Å². The van der Waals surface area contributed by atoms with Crippen LogP contribution in [0.15, 0.2) is 199 Å². The van der Waals surface area contributed by atoms with Crippen LogP contribution >= 0.6 is 0 Å². The molecule has 5 heteroatoms. The first-order chi connectivity index (χ1) is 28.7. The van der Waals surface area contributed by atoms with Crippen molar-refractivity contribution in [1.29, 1.82) is 0 Å². The number of hydrogen-bond acceptors (Lipinski definition) is 4. The van der Waals surface area contributed by atoms with E-state index in [9.17, 15) is 0 Å². The molecule has 270 valence electrons. The normalized spacial score (nSPS) is 11.8. The van der Waals surface area contributed by atoms with Gasteiger partial charge in [-0.1, -0.05) is 152 Å². The standard InChI is InChI=1S/C53H32N4O/c1-2-10-33(11-3-1)35-18-21-37(22-19-35)51-54-52(39-23-20-34-12-4-5-14-38(34)30-39)56-53(55-51)40-25-27-44-45-29-26-41(32-49(45)58-48(44)31-40)57-47-17-9-8-16-43(47)46-28-24-36-13-6-7-15-42(36)50(46)57/h1-32H. The third kappa shape index (κ3) is 5.21. The van der Waals surface area contributed by atoms with Crippen LogP contribution in [0.4, 0.5) is 0 Å². The molecule has 12 aromatic rings. The van der Waals surface area contributed by atoms with Gasteiger partial charge in [-0.25, -0.2) is 15.0 Å². The van der Waals surface area contributed by atoms with E-state index in [1.54, 1.807) is 0 Å². The zero-order chi connectivity index (χ0) is 38.2. The number of nitrogens with zero attached hydrogens (tertiary/aromatic N) is 4. The Balaban J connectivity index is 0.998. The number of hydrogen-bond donors (Lipinski definition) is 0. The Morgan fingerprint density at radius 2 is 0.862 bits per heavy atom. The lowest BCUT2D eigenvalue weighted by Crippen LogP contribution is -2.00. The van der Waals surface area contributed by atoms with Gasteiger partial charge in [-0.15, -0.1) is 0 Å². The van der Waals surface area contributed by atoms with Gasteiger partial charge in [0, 0.05) is 55.4 Å². The molecule has 0 fully saturated rings. The molecule has 9 aromatic carbocycles. The van der Waals surface area contributed by atoms with Crippen molar-refractivity contribution >= 4 is 65.3 Å². The van der Waals surface area contributed by atoms with Crippen LogP contribution in [0.2, 0.25) is 0 Å². The van der Waals surface area contributed by atoms with E-state index in [2.05, 4.69) is 193 Å². The van der Waals surface area contributed by atoms with Crippen LogP contribution in [-0.2, 0) is 0 Å². The number of fused-ring (bicyclic) bond motifs is 9. The maximum atomic E-state index is 6.71. The molecule has 3 aromatic heterocycles. The van der Waals surface area contributed by atoms with Crippen LogP contribution in [0.3, 0.4) is 0 Å². The highest BCUT2D eigenvalue weighted by Crippen LogP contribution is 2.39. The van der Waals surface area contributed by atoms with E-state index in [0.29, 0.717) is 17.5 Å². The van der Waals surface area contributed by atoms with Crippen molar-refractivity contribution in [2.45, 2.75) is 0 Å². The number of rotatable bonds is 5. The smallest absolute Gasteiger partial charge is 0.164 e. The molecule has 5 nitrogen and oxygen atoms in total. The molecule has 0 spiro atoms. The van der Waals surface area contributed by atoms with Crippen molar-refractivity contribution in [2.75, 3.05) is 0 Å². The van der Waals surface area contributed by atoms with Crippen LogP contribution in [-0.4, -0.2) is 19.5 Å². The molecule has 0 N–H and O–H groups in total. The third-order valence-corrected chi connectivity index (χ3v) is 11.4. The monoisotopic (exact) mass is 740 g/mol. The number of furan rings is 1. The SMILES string of the molecule is c1ccc(-c2ccc(-c3nc(-c4ccc5ccccc5c4)nc(-c4ccc5c(c4)oc4cc(-n6c7ccccc7c7ccc8ccccc8c76)ccc45)n3)cc2)cc1. The van der Waals surface area contributed by atoms with Crippen LogP contribution in [0.25, 0.3) is 116 Å². The molecule has 3 heterocycles. The van der Waals surface area contributed by atoms with E-state index >= 15 is 0 Å². The lowest BCUT2D eigenvalue weighted by Gasteiger charge is -2.10. The van der Waals surface area contributed by atoms with Crippen molar-refractivity contribution < 1.29 is 4.42 Å². The number of aromatic nitrogens is 4. The molecule has 12 rings (SSSR count). The maximum absolute atomic E-state index is 6.71. The van der Waals surface area contributed by atoms with Crippen molar-refractivity contribution in [2.24, 2.45) is 0 Å². The molecule has 0 amide bonds. The second kappa shape index (κ2) is 12.8. The lowest BCUT2D eigenvalue weighted by atomic mass is 10.0. The molecule has 0 aliphatic rings. The first-order valence-corrected chi connectivity index (χ1v) is 19.5. The second-order valence-electron chi connectivity index (χ2n) is 14.8. The fraction of sp³-hybridized carbons (Fsp3) is 0. The fourth-order valence-electron chi connectivity index (χ4n) is 8.58. The van der Waals surface area contributed by atoms with Crippen LogP contribution in [0.5, 0.6) is 0 Å². The number of benzene rings is 9. The van der Waals surface area contributed by atoms with Crippen LogP contribution in [0, 0.1) is 0 Å². The molecule has 0 unspecified atom stereocenters. The topological polar surface area (TPSA) is 56.7 Å².